The van der Waals surface area contributed by atoms with Crippen molar-refractivity contribution in [3.05, 3.63) is 55.4 Å². The molecule has 1 unspecified atom stereocenters. The molecule has 0 radical (unpaired) electrons. The largest absolute Gasteiger partial charge is 0.419 e. The summed E-state index contributed by atoms with van der Waals surface area (Å²) in [6, 6.07) is 4.56. The predicted octanol–water partition coefficient (Wildman–Crippen LogP) is 5.29. The molecule has 1 aromatic carbocycles. The number of hydrogen-bond acceptors (Lipinski definition) is 2. The number of halogens is 5. The second kappa shape index (κ2) is 6.06. The highest BCUT2D eigenvalue weighted by atomic mass is 79.9. The van der Waals surface area contributed by atoms with Gasteiger partial charge in [-0.1, -0.05) is 12.1 Å². The summed E-state index contributed by atoms with van der Waals surface area (Å²) in [5.41, 5.74) is -1.26. The SMILES string of the molecule is CNC(c1cccc(C(F)(F)F)c1F)c1sc(C)cc1Br. The number of rotatable bonds is 3. The fourth-order valence-electron chi connectivity index (χ4n) is 2.12. The van der Waals surface area contributed by atoms with Crippen molar-refractivity contribution < 1.29 is 17.6 Å². The van der Waals surface area contributed by atoms with Crippen LogP contribution >= 0.6 is 27.3 Å². The van der Waals surface area contributed by atoms with Gasteiger partial charge in [-0.25, -0.2) is 4.39 Å². The fourth-order valence-corrected chi connectivity index (χ4v) is 4.13. The Kier molecular flexibility index (Phi) is 4.75. The van der Waals surface area contributed by atoms with Gasteiger partial charge in [0.1, 0.15) is 5.82 Å². The highest BCUT2D eigenvalue weighted by Crippen LogP contribution is 2.39. The summed E-state index contributed by atoms with van der Waals surface area (Å²) in [4.78, 5) is 1.73. The zero-order chi connectivity index (χ0) is 15.8. The van der Waals surface area contributed by atoms with E-state index >= 15 is 0 Å². The van der Waals surface area contributed by atoms with Crippen molar-refractivity contribution in [2.45, 2.75) is 19.1 Å². The van der Waals surface area contributed by atoms with Gasteiger partial charge < -0.3 is 5.32 Å². The monoisotopic (exact) mass is 381 g/mol. The molecule has 0 aliphatic rings. The molecule has 0 amide bonds. The summed E-state index contributed by atoms with van der Waals surface area (Å²) in [6.45, 7) is 1.88. The average molecular weight is 382 g/mol. The maximum atomic E-state index is 14.3. The summed E-state index contributed by atoms with van der Waals surface area (Å²) in [5, 5.41) is 2.88. The van der Waals surface area contributed by atoms with E-state index < -0.39 is 23.6 Å². The molecule has 0 aliphatic heterocycles. The molecule has 1 aromatic heterocycles. The van der Waals surface area contributed by atoms with Gasteiger partial charge in [0.2, 0.25) is 0 Å². The van der Waals surface area contributed by atoms with Crippen LogP contribution in [-0.2, 0) is 6.18 Å². The Morgan fingerprint density at radius 3 is 2.43 bits per heavy atom. The summed E-state index contributed by atoms with van der Waals surface area (Å²) < 4.78 is 53.5. The van der Waals surface area contributed by atoms with Crippen molar-refractivity contribution in [2.75, 3.05) is 7.05 Å². The Labute approximate surface area is 132 Å². The highest BCUT2D eigenvalue weighted by molar-refractivity contribution is 9.10. The molecular weight excluding hydrogens is 370 g/mol. The lowest BCUT2D eigenvalue weighted by Crippen LogP contribution is -2.20. The van der Waals surface area contributed by atoms with E-state index in [0.717, 1.165) is 20.3 Å². The summed E-state index contributed by atoms with van der Waals surface area (Å²) in [6.07, 6.45) is -4.71. The third-order valence-corrected chi connectivity index (χ3v) is 5.07. The second-order valence-corrected chi connectivity index (χ2v) is 6.64. The highest BCUT2D eigenvalue weighted by Gasteiger charge is 2.36. The van der Waals surface area contributed by atoms with Crippen LogP contribution in [0.5, 0.6) is 0 Å². The lowest BCUT2D eigenvalue weighted by Gasteiger charge is -2.19. The normalized spacial score (nSPS) is 13.5. The predicted molar refractivity (Wildman–Crippen MR) is 79.1 cm³/mol. The van der Waals surface area contributed by atoms with Crippen molar-refractivity contribution in [3.63, 3.8) is 0 Å². The molecule has 1 nitrogen and oxygen atoms in total. The molecular formula is C14H12BrF4NS. The molecule has 1 heterocycles. The molecule has 7 heteroatoms. The lowest BCUT2D eigenvalue weighted by molar-refractivity contribution is -0.140. The summed E-state index contributed by atoms with van der Waals surface area (Å²) >= 11 is 4.77. The summed E-state index contributed by atoms with van der Waals surface area (Å²) in [7, 11) is 1.59. The molecule has 2 rings (SSSR count). The standard InChI is InChI=1S/C14H12BrF4NS/c1-7-6-10(15)13(21-7)12(20-2)8-4-3-5-9(11(8)16)14(17,18)19/h3-6,12,20H,1-2H3. The van der Waals surface area contributed by atoms with Gasteiger partial charge in [0.25, 0.3) is 0 Å². The molecule has 0 spiro atoms. The Hall–Kier alpha value is -0.920. The van der Waals surface area contributed by atoms with Gasteiger partial charge in [-0.2, -0.15) is 13.2 Å². The lowest BCUT2D eigenvalue weighted by atomic mass is 10.0. The van der Waals surface area contributed by atoms with Crippen LogP contribution in [0.15, 0.2) is 28.7 Å². The molecule has 21 heavy (non-hydrogen) atoms. The van der Waals surface area contributed by atoms with E-state index in [0.29, 0.717) is 0 Å². The summed E-state index contributed by atoms with van der Waals surface area (Å²) in [5.74, 6) is -1.23. The molecule has 0 aliphatic carbocycles. The smallest absolute Gasteiger partial charge is 0.309 e. The molecule has 114 valence electrons. The second-order valence-electron chi connectivity index (χ2n) is 4.50. The van der Waals surface area contributed by atoms with Gasteiger partial charge in [-0.15, -0.1) is 11.3 Å². The number of hydrogen-bond donors (Lipinski definition) is 1. The van der Waals surface area contributed by atoms with Crippen molar-refractivity contribution in [1.82, 2.24) is 5.32 Å². The molecule has 2 aromatic rings. The van der Waals surface area contributed by atoms with Crippen molar-refractivity contribution in [1.29, 1.82) is 0 Å². The van der Waals surface area contributed by atoms with Crippen molar-refractivity contribution in [3.8, 4) is 0 Å². The Balaban J connectivity index is 2.56. The zero-order valence-electron chi connectivity index (χ0n) is 11.2. The van der Waals surface area contributed by atoms with E-state index in [4.69, 9.17) is 0 Å². The average Bonchev–Trinajstić information content (AvgIpc) is 2.70. The fraction of sp³-hybridized carbons (Fsp3) is 0.286. The van der Waals surface area contributed by atoms with Crippen molar-refractivity contribution >= 4 is 27.3 Å². The minimum Gasteiger partial charge on any atom is -0.309 e. The van der Waals surface area contributed by atoms with Gasteiger partial charge in [-0.3, -0.25) is 0 Å². The topological polar surface area (TPSA) is 12.0 Å². The molecule has 0 saturated carbocycles. The first-order valence-corrected chi connectivity index (χ1v) is 7.65. The molecule has 0 fully saturated rings. The number of benzene rings is 1. The maximum Gasteiger partial charge on any atom is 0.419 e. The van der Waals surface area contributed by atoms with Crippen LogP contribution in [0.4, 0.5) is 17.6 Å². The number of alkyl halides is 3. The van der Waals surface area contributed by atoms with Crippen LogP contribution < -0.4 is 5.32 Å². The number of thiophene rings is 1. The number of nitrogens with one attached hydrogen (secondary N) is 1. The van der Waals surface area contributed by atoms with Crippen LogP contribution in [0.2, 0.25) is 0 Å². The van der Waals surface area contributed by atoms with E-state index in [9.17, 15) is 17.6 Å². The first-order chi connectivity index (χ1) is 9.75. The maximum absolute atomic E-state index is 14.3. The third kappa shape index (κ3) is 3.30. The Bertz CT molecular complexity index is 651. The van der Waals surface area contributed by atoms with Crippen LogP contribution in [0.1, 0.15) is 26.9 Å². The van der Waals surface area contributed by atoms with E-state index in [1.54, 1.807) is 7.05 Å². The van der Waals surface area contributed by atoms with Crippen LogP contribution in [-0.4, -0.2) is 7.05 Å². The van der Waals surface area contributed by atoms with Gasteiger partial charge in [0.15, 0.2) is 0 Å². The molecule has 0 saturated heterocycles. The van der Waals surface area contributed by atoms with Gasteiger partial charge in [-0.05, 0) is 42.0 Å². The van der Waals surface area contributed by atoms with Crippen LogP contribution in [0.3, 0.4) is 0 Å². The van der Waals surface area contributed by atoms with Crippen molar-refractivity contribution in [2.24, 2.45) is 0 Å². The zero-order valence-corrected chi connectivity index (χ0v) is 13.6. The molecule has 1 N–H and O–H groups in total. The van der Waals surface area contributed by atoms with E-state index in [1.165, 1.54) is 23.5 Å². The third-order valence-electron chi connectivity index (χ3n) is 3.03. The first-order valence-electron chi connectivity index (χ1n) is 6.04. The Morgan fingerprint density at radius 2 is 1.95 bits per heavy atom. The molecule has 0 bridgehead atoms. The minimum absolute atomic E-state index is 0.0186. The first kappa shape index (κ1) is 16.5. The molecule has 1 atom stereocenters. The quantitative estimate of drug-likeness (QED) is 0.712. The van der Waals surface area contributed by atoms with Gasteiger partial charge in [0.05, 0.1) is 11.6 Å². The van der Waals surface area contributed by atoms with E-state index in [1.807, 2.05) is 13.0 Å². The van der Waals surface area contributed by atoms with Gasteiger partial charge in [0, 0.05) is 19.8 Å². The number of aryl methyl sites for hydroxylation is 1. The van der Waals surface area contributed by atoms with E-state index in [-0.39, 0.29) is 5.56 Å². The Morgan fingerprint density at radius 1 is 1.29 bits per heavy atom. The van der Waals surface area contributed by atoms with Crippen LogP contribution in [0.25, 0.3) is 0 Å². The minimum atomic E-state index is -4.71. The van der Waals surface area contributed by atoms with Crippen LogP contribution in [0, 0.1) is 12.7 Å². The van der Waals surface area contributed by atoms with E-state index in [2.05, 4.69) is 21.2 Å². The van der Waals surface area contributed by atoms with Gasteiger partial charge >= 0.3 is 6.18 Å².